The number of thiophene rings is 1. The van der Waals surface area contributed by atoms with Gasteiger partial charge in [-0.15, -0.1) is 11.3 Å². The number of methoxy groups -OCH3 is 1. The average Bonchev–Trinajstić information content (AvgIpc) is 3.24. The lowest BCUT2D eigenvalue weighted by Crippen LogP contribution is -2.34. The fraction of sp³-hybridized carbons (Fsp3) is 0.333. The van der Waals surface area contributed by atoms with Crippen LogP contribution in [0.2, 0.25) is 0 Å². The number of ether oxygens (including phenoxy) is 1. The number of carbonyl (C=O) groups is 2. The molecule has 6 heteroatoms. The first kappa shape index (κ1) is 16.5. The third-order valence-corrected chi connectivity index (χ3v) is 5.26. The normalized spacial score (nSPS) is 18.5. The molecule has 2 heterocycles. The maximum absolute atomic E-state index is 12.5. The lowest BCUT2D eigenvalue weighted by atomic mass is 10.1. The number of amides is 2. The Hall–Kier alpha value is -2.34. The van der Waals surface area contributed by atoms with E-state index < -0.39 is 0 Å². The highest BCUT2D eigenvalue weighted by Crippen LogP contribution is 2.33. The lowest BCUT2D eigenvalue weighted by molar-refractivity contribution is -0.126. The number of hydrogen-bond donors (Lipinski definition) is 1. The van der Waals surface area contributed by atoms with Crippen molar-refractivity contribution in [2.45, 2.75) is 19.4 Å². The van der Waals surface area contributed by atoms with E-state index in [-0.39, 0.29) is 30.2 Å². The molecule has 1 saturated heterocycles. The second kappa shape index (κ2) is 7.05. The summed E-state index contributed by atoms with van der Waals surface area (Å²) in [7, 11) is 1.58. The van der Waals surface area contributed by atoms with Crippen molar-refractivity contribution in [3.63, 3.8) is 0 Å². The van der Waals surface area contributed by atoms with Crippen molar-refractivity contribution in [3.05, 3.63) is 46.7 Å². The topological polar surface area (TPSA) is 58.6 Å². The fourth-order valence-electron chi connectivity index (χ4n) is 2.91. The van der Waals surface area contributed by atoms with Gasteiger partial charge in [0.25, 0.3) is 0 Å². The summed E-state index contributed by atoms with van der Waals surface area (Å²) >= 11 is 1.61. The lowest BCUT2D eigenvalue weighted by Gasteiger charge is -2.20. The van der Waals surface area contributed by atoms with E-state index in [9.17, 15) is 9.59 Å². The number of para-hydroxylation sites is 2. The minimum absolute atomic E-state index is 0.0482. The van der Waals surface area contributed by atoms with Crippen molar-refractivity contribution >= 4 is 28.8 Å². The third-order valence-electron chi connectivity index (χ3n) is 4.20. The van der Waals surface area contributed by atoms with Crippen LogP contribution in [0.15, 0.2) is 41.8 Å². The van der Waals surface area contributed by atoms with Gasteiger partial charge in [-0.25, -0.2) is 0 Å². The molecule has 5 nitrogen and oxygen atoms in total. The standard InChI is InChI=1S/C18H20N2O3S/c1-12(16-8-5-9-24-16)19-18(22)13-10-17(21)20(11-13)14-6-3-4-7-15(14)23-2/h3-9,12-13H,10-11H2,1-2H3,(H,19,22). The molecule has 0 aliphatic carbocycles. The van der Waals surface area contributed by atoms with Crippen molar-refractivity contribution in [1.82, 2.24) is 5.32 Å². The average molecular weight is 344 g/mol. The quantitative estimate of drug-likeness (QED) is 0.907. The predicted molar refractivity (Wildman–Crippen MR) is 94.3 cm³/mol. The first-order chi connectivity index (χ1) is 11.6. The number of anilines is 1. The number of nitrogens with one attached hydrogen (secondary N) is 1. The van der Waals surface area contributed by atoms with Gasteiger partial charge < -0.3 is 15.0 Å². The maximum Gasteiger partial charge on any atom is 0.227 e. The Balaban J connectivity index is 1.69. The number of nitrogens with zero attached hydrogens (tertiary/aromatic N) is 1. The van der Waals surface area contributed by atoms with Crippen molar-refractivity contribution in [2.75, 3.05) is 18.6 Å². The van der Waals surface area contributed by atoms with Gasteiger partial charge in [0.1, 0.15) is 5.75 Å². The molecule has 0 bridgehead atoms. The zero-order valence-corrected chi connectivity index (χ0v) is 14.5. The maximum atomic E-state index is 12.5. The Bertz CT molecular complexity index is 730. The minimum Gasteiger partial charge on any atom is -0.495 e. The summed E-state index contributed by atoms with van der Waals surface area (Å²) in [6.07, 6.45) is 0.223. The van der Waals surface area contributed by atoms with E-state index in [1.807, 2.05) is 48.7 Å². The van der Waals surface area contributed by atoms with E-state index in [1.165, 1.54) is 0 Å². The molecule has 1 N–H and O–H groups in total. The highest BCUT2D eigenvalue weighted by atomic mass is 32.1. The molecular weight excluding hydrogens is 324 g/mol. The molecule has 24 heavy (non-hydrogen) atoms. The first-order valence-electron chi connectivity index (χ1n) is 7.87. The molecule has 2 unspecified atom stereocenters. The molecule has 0 saturated carbocycles. The zero-order chi connectivity index (χ0) is 17.1. The van der Waals surface area contributed by atoms with Crippen molar-refractivity contribution in [1.29, 1.82) is 0 Å². The van der Waals surface area contributed by atoms with Crippen LogP contribution < -0.4 is 15.0 Å². The Morgan fingerprint density at radius 2 is 2.12 bits per heavy atom. The van der Waals surface area contributed by atoms with Gasteiger partial charge in [-0.2, -0.15) is 0 Å². The van der Waals surface area contributed by atoms with Gasteiger partial charge in [0.2, 0.25) is 11.8 Å². The van der Waals surface area contributed by atoms with Gasteiger partial charge in [0, 0.05) is 17.8 Å². The van der Waals surface area contributed by atoms with Gasteiger partial charge in [-0.05, 0) is 30.5 Å². The molecule has 1 aliphatic heterocycles. The van der Waals surface area contributed by atoms with Crippen LogP contribution in [0.4, 0.5) is 5.69 Å². The second-order valence-corrected chi connectivity index (χ2v) is 6.80. The Kier molecular flexibility index (Phi) is 4.85. The van der Waals surface area contributed by atoms with Gasteiger partial charge >= 0.3 is 0 Å². The predicted octanol–water partition coefficient (Wildman–Crippen LogP) is 2.99. The van der Waals surface area contributed by atoms with Crippen molar-refractivity contribution < 1.29 is 14.3 Å². The van der Waals surface area contributed by atoms with Crippen LogP contribution in [0, 0.1) is 5.92 Å². The summed E-state index contributed by atoms with van der Waals surface area (Å²) in [5, 5.41) is 4.99. The smallest absolute Gasteiger partial charge is 0.227 e. The molecule has 3 rings (SSSR count). The number of benzene rings is 1. The second-order valence-electron chi connectivity index (χ2n) is 5.82. The molecular formula is C18H20N2O3S. The molecule has 126 valence electrons. The van der Waals surface area contributed by atoms with Crippen LogP contribution in [-0.4, -0.2) is 25.5 Å². The summed E-state index contributed by atoms with van der Waals surface area (Å²) in [6, 6.07) is 11.3. The summed E-state index contributed by atoms with van der Waals surface area (Å²) in [5.74, 6) is 0.161. The van der Waals surface area contributed by atoms with E-state index >= 15 is 0 Å². The van der Waals surface area contributed by atoms with E-state index in [4.69, 9.17) is 4.74 Å². The fourth-order valence-corrected chi connectivity index (χ4v) is 3.64. The molecule has 1 aromatic heterocycles. The van der Waals surface area contributed by atoms with Gasteiger partial charge in [0.05, 0.1) is 24.8 Å². The highest BCUT2D eigenvalue weighted by Gasteiger charge is 2.36. The Labute approximate surface area is 145 Å². The SMILES string of the molecule is COc1ccccc1N1CC(C(=O)NC(C)c2cccs2)CC1=O. The summed E-state index contributed by atoms with van der Waals surface area (Å²) in [6.45, 7) is 2.33. The summed E-state index contributed by atoms with van der Waals surface area (Å²) in [5.41, 5.74) is 0.714. The minimum atomic E-state index is -0.343. The molecule has 2 aromatic rings. The van der Waals surface area contributed by atoms with E-state index in [1.54, 1.807) is 23.3 Å². The van der Waals surface area contributed by atoms with Crippen LogP contribution in [0.1, 0.15) is 24.3 Å². The van der Waals surface area contributed by atoms with E-state index in [2.05, 4.69) is 5.32 Å². The van der Waals surface area contributed by atoms with Crippen molar-refractivity contribution in [2.24, 2.45) is 5.92 Å². The molecule has 1 aromatic carbocycles. The molecule has 2 amide bonds. The zero-order valence-electron chi connectivity index (χ0n) is 13.7. The molecule has 1 fully saturated rings. The first-order valence-corrected chi connectivity index (χ1v) is 8.75. The monoisotopic (exact) mass is 344 g/mol. The highest BCUT2D eigenvalue weighted by molar-refractivity contribution is 7.10. The van der Waals surface area contributed by atoms with Gasteiger partial charge in [0.15, 0.2) is 0 Å². The Morgan fingerprint density at radius 3 is 2.83 bits per heavy atom. The van der Waals surface area contributed by atoms with Crippen LogP contribution in [0.25, 0.3) is 0 Å². The summed E-state index contributed by atoms with van der Waals surface area (Å²) in [4.78, 5) is 27.6. The Morgan fingerprint density at radius 1 is 1.33 bits per heavy atom. The summed E-state index contributed by atoms with van der Waals surface area (Å²) < 4.78 is 5.32. The van der Waals surface area contributed by atoms with Crippen LogP contribution >= 0.6 is 11.3 Å². The van der Waals surface area contributed by atoms with E-state index in [0.717, 1.165) is 4.88 Å². The van der Waals surface area contributed by atoms with Crippen LogP contribution in [0.5, 0.6) is 5.75 Å². The molecule has 2 atom stereocenters. The van der Waals surface area contributed by atoms with Crippen LogP contribution in [-0.2, 0) is 9.59 Å². The van der Waals surface area contributed by atoms with Gasteiger partial charge in [-0.3, -0.25) is 9.59 Å². The largest absolute Gasteiger partial charge is 0.495 e. The van der Waals surface area contributed by atoms with Crippen molar-refractivity contribution in [3.8, 4) is 5.75 Å². The van der Waals surface area contributed by atoms with Crippen LogP contribution in [0.3, 0.4) is 0 Å². The van der Waals surface area contributed by atoms with Gasteiger partial charge in [-0.1, -0.05) is 18.2 Å². The number of hydrogen-bond acceptors (Lipinski definition) is 4. The number of carbonyl (C=O) groups excluding carboxylic acids is 2. The molecule has 0 radical (unpaired) electrons. The molecule has 0 spiro atoms. The number of rotatable bonds is 5. The molecule has 1 aliphatic rings. The van der Waals surface area contributed by atoms with E-state index in [0.29, 0.717) is 18.0 Å². The third kappa shape index (κ3) is 3.28.